The summed E-state index contributed by atoms with van der Waals surface area (Å²) in [6, 6.07) is 11.9. The molecule has 0 aromatic heterocycles. The van der Waals surface area contributed by atoms with Gasteiger partial charge in [0, 0.05) is 10.6 Å². The third-order valence-electron chi connectivity index (χ3n) is 2.75. The zero-order valence-electron chi connectivity index (χ0n) is 11.5. The van der Waals surface area contributed by atoms with Gasteiger partial charge in [0.25, 0.3) is 5.91 Å². The molecule has 0 aliphatic rings. The van der Waals surface area contributed by atoms with Crippen molar-refractivity contribution in [2.24, 2.45) is 0 Å². The van der Waals surface area contributed by atoms with Crippen LogP contribution >= 0.6 is 23.2 Å². The summed E-state index contributed by atoms with van der Waals surface area (Å²) in [6.07, 6.45) is 0.911. The molecule has 3 nitrogen and oxygen atoms in total. The van der Waals surface area contributed by atoms with E-state index in [1.807, 2.05) is 13.0 Å². The third-order valence-corrected chi connectivity index (χ3v) is 3.31. The second kappa shape index (κ2) is 7.34. The minimum atomic E-state index is -0.263. The Labute approximate surface area is 133 Å². The first-order valence-electron chi connectivity index (χ1n) is 6.59. The highest BCUT2D eigenvalue weighted by Crippen LogP contribution is 2.26. The monoisotopic (exact) mass is 323 g/mol. The maximum Gasteiger partial charge on any atom is 0.255 e. The fourth-order valence-corrected chi connectivity index (χ4v) is 2.07. The van der Waals surface area contributed by atoms with Crippen LogP contribution in [-0.2, 0) is 0 Å². The first-order chi connectivity index (χ1) is 10.1. The maximum absolute atomic E-state index is 12.2. The lowest BCUT2D eigenvalue weighted by Crippen LogP contribution is -2.12. The number of halogens is 2. The van der Waals surface area contributed by atoms with Crippen LogP contribution in [0, 0.1) is 0 Å². The third kappa shape index (κ3) is 4.38. The minimum Gasteiger partial charge on any atom is -0.494 e. The fraction of sp³-hybridized carbons (Fsp3) is 0.188. The summed E-state index contributed by atoms with van der Waals surface area (Å²) in [4.78, 5) is 12.2. The van der Waals surface area contributed by atoms with Gasteiger partial charge >= 0.3 is 0 Å². The van der Waals surface area contributed by atoms with Gasteiger partial charge in [0.15, 0.2) is 0 Å². The van der Waals surface area contributed by atoms with Crippen molar-refractivity contribution >= 4 is 34.8 Å². The van der Waals surface area contributed by atoms with Gasteiger partial charge in [-0.05, 0) is 42.8 Å². The number of hydrogen-bond acceptors (Lipinski definition) is 2. The molecular formula is C16H15Cl2NO2. The van der Waals surface area contributed by atoms with E-state index < -0.39 is 0 Å². The molecule has 2 rings (SSSR count). The van der Waals surface area contributed by atoms with Gasteiger partial charge in [0.05, 0.1) is 17.3 Å². The van der Waals surface area contributed by atoms with Crippen molar-refractivity contribution in [3.8, 4) is 5.75 Å². The molecule has 5 heteroatoms. The van der Waals surface area contributed by atoms with Crippen LogP contribution in [0.3, 0.4) is 0 Å². The molecule has 110 valence electrons. The molecule has 0 saturated carbocycles. The Morgan fingerprint density at radius 2 is 2.00 bits per heavy atom. The lowest BCUT2D eigenvalue weighted by Gasteiger charge is -2.09. The van der Waals surface area contributed by atoms with Crippen LogP contribution in [0.15, 0.2) is 42.5 Å². The number of amides is 1. The van der Waals surface area contributed by atoms with Crippen LogP contribution < -0.4 is 10.1 Å². The summed E-state index contributed by atoms with van der Waals surface area (Å²) in [6.45, 7) is 2.64. The lowest BCUT2D eigenvalue weighted by molar-refractivity contribution is 0.102. The Bertz CT molecular complexity index is 644. The predicted molar refractivity (Wildman–Crippen MR) is 86.6 cm³/mol. The number of nitrogens with one attached hydrogen (secondary N) is 1. The molecule has 1 N–H and O–H groups in total. The summed E-state index contributed by atoms with van der Waals surface area (Å²) in [5.74, 6) is 0.405. The van der Waals surface area contributed by atoms with Crippen molar-refractivity contribution in [2.75, 3.05) is 11.9 Å². The van der Waals surface area contributed by atoms with Crippen LogP contribution in [0.1, 0.15) is 23.7 Å². The lowest BCUT2D eigenvalue weighted by atomic mass is 10.2. The van der Waals surface area contributed by atoms with Gasteiger partial charge in [-0.2, -0.15) is 0 Å². The van der Waals surface area contributed by atoms with Gasteiger partial charge < -0.3 is 10.1 Å². The highest BCUT2D eigenvalue weighted by molar-refractivity contribution is 6.35. The topological polar surface area (TPSA) is 38.3 Å². The normalized spacial score (nSPS) is 10.2. The summed E-state index contributed by atoms with van der Waals surface area (Å²) >= 11 is 11.9. The molecule has 2 aromatic carbocycles. The standard InChI is InChI=1S/C16H15Cl2NO2/c1-2-8-21-13-5-3-4-11(9-13)16(20)19-15-10-12(17)6-7-14(15)18/h3-7,9-10H,2,8H2,1H3,(H,19,20). The van der Waals surface area contributed by atoms with E-state index in [0.717, 1.165) is 6.42 Å². The van der Waals surface area contributed by atoms with E-state index in [9.17, 15) is 4.79 Å². The molecule has 0 bridgehead atoms. The van der Waals surface area contributed by atoms with E-state index in [-0.39, 0.29) is 5.91 Å². The SMILES string of the molecule is CCCOc1cccc(C(=O)Nc2cc(Cl)ccc2Cl)c1. The Morgan fingerprint density at radius 3 is 2.76 bits per heavy atom. The van der Waals surface area contributed by atoms with Crippen LogP contribution in [0.4, 0.5) is 5.69 Å². The summed E-state index contributed by atoms with van der Waals surface area (Å²) in [5, 5.41) is 3.68. The first kappa shape index (κ1) is 15.7. The summed E-state index contributed by atoms with van der Waals surface area (Å²) < 4.78 is 5.51. The number of rotatable bonds is 5. The average Bonchev–Trinajstić information content (AvgIpc) is 2.49. The molecule has 0 aliphatic heterocycles. The van der Waals surface area contributed by atoms with E-state index in [0.29, 0.717) is 33.7 Å². The molecule has 0 fully saturated rings. The van der Waals surface area contributed by atoms with E-state index in [1.54, 1.807) is 36.4 Å². The highest BCUT2D eigenvalue weighted by atomic mass is 35.5. The van der Waals surface area contributed by atoms with Crippen molar-refractivity contribution in [1.82, 2.24) is 0 Å². The van der Waals surface area contributed by atoms with Gasteiger partial charge in [-0.1, -0.05) is 36.2 Å². The molecule has 1 amide bonds. The van der Waals surface area contributed by atoms with Crippen molar-refractivity contribution in [3.63, 3.8) is 0 Å². The van der Waals surface area contributed by atoms with Gasteiger partial charge in [-0.3, -0.25) is 4.79 Å². The number of carbonyl (C=O) groups is 1. The Balaban J connectivity index is 2.14. The average molecular weight is 324 g/mol. The number of anilines is 1. The second-order valence-corrected chi connectivity index (χ2v) is 5.30. The second-order valence-electron chi connectivity index (χ2n) is 4.45. The van der Waals surface area contributed by atoms with E-state index in [1.165, 1.54) is 0 Å². The molecular weight excluding hydrogens is 309 g/mol. The zero-order valence-corrected chi connectivity index (χ0v) is 13.0. The van der Waals surface area contributed by atoms with Crippen LogP contribution in [-0.4, -0.2) is 12.5 Å². The Kier molecular flexibility index (Phi) is 5.48. The van der Waals surface area contributed by atoms with Crippen LogP contribution in [0.5, 0.6) is 5.75 Å². The highest BCUT2D eigenvalue weighted by Gasteiger charge is 2.10. The van der Waals surface area contributed by atoms with Crippen molar-refractivity contribution in [3.05, 3.63) is 58.1 Å². The molecule has 0 radical (unpaired) electrons. The van der Waals surface area contributed by atoms with Crippen LogP contribution in [0.2, 0.25) is 10.0 Å². The predicted octanol–water partition coefficient (Wildman–Crippen LogP) is 5.03. The van der Waals surface area contributed by atoms with Crippen LogP contribution in [0.25, 0.3) is 0 Å². The maximum atomic E-state index is 12.2. The first-order valence-corrected chi connectivity index (χ1v) is 7.35. The quantitative estimate of drug-likeness (QED) is 0.837. The largest absolute Gasteiger partial charge is 0.494 e. The molecule has 2 aromatic rings. The van der Waals surface area contributed by atoms with Gasteiger partial charge in [0.1, 0.15) is 5.75 Å². The molecule has 0 saturated heterocycles. The van der Waals surface area contributed by atoms with Gasteiger partial charge in [0.2, 0.25) is 0 Å². The zero-order chi connectivity index (χ0) is 15.2. The van der Waals surface area contributed by atoms with Crippen molar-refractivity contribution in [1.29, 1.82) is 0 Å². The summed E-state index contributed by atoms with van der Waals surface area (Å²) in [5.41, 5.74) is 0.980. The van der Waals surface area contributed by atoms with Crippen molar-refractivity contribution < 1.29 is 9.53 Å². The smallest absolute Gasteiger partial charge is 0.255 e. The Morgan fingerprint density at radius 1 is 1.19 bits per heavy atom. The molecule has 0 unspecified atom stereocenters. The van der Waals surface area contributed by atoms with Gasteiger partial charge in [-0.15, -0.1) is 0 Å². The fourth-order valence-electron chi connectivity index (χ4n) is 1.73. The molecule has 21 heavy (non-hydrogen) atoms. The molecule has 0 aliphatic carbocycles. The number of hydrogen-bond donors (Lipinski definition) is 1. The molecule has 0 atom stereocenters. The molecule has 0 spiro atoms. The number of carbonyl (C=O) groups excluding carboxylic acids is 1. The minimum absolute atomic E-state index is 0.263. The van der Waals surface area contributed by atoms with Gasteiger partial charge in [-0.25, -0.2) is 0 Å². The number of ether oxygens (including phenoxy) is 1. The van der Waals surface area contributed by atoms with E-state index in [2.05, 4.69) is 5.32 Å². The molecule has 0 heterocycles. The Hall–Kier alpha value is -1.71. The number of benzene rings is 2. The van der Waals surface area contributed by atoms with E-state index >= 15 is 0 Å². The van der Waals surface area contributed by atoms with Crippen molar-refractivity contribution in [2.45, 2.75) is 13.3 Å². The summed E-state index contributed by atoms with van der Waals surface area (Å²) in [7, 11) is 0. The van der Waals surface area contributed by atoms with E-state index in [4.69, 9.17) is 27.9 Å².